The zero-order valence-corrected chi connectivity index (χ0v) is 17.3. The Morgan fingerprint density at radius 2 is 1.93 bits per heavy atom. The Kier molecular flexibility index (Phi) is 6.17. The van der Waals surface area contributed by atoms with Crippen molar-refractivity contribution in [3.8, 4) is 0 Å². The molecule has 160 valence electrons. The first-order valence-electron chi connectivity index (χ1n) is 9.50. The Labute approximate surface area is 173 Å². The van der Waals surface area contributed by atoms with Gasteiger partial charge >= 0.3 is 0 Å². The molecular weight excluding hydrogens is 406 g/mol. The van der Waals surface area contributed by atoms with Gasteiger partial charge in [0.15, 0.2) is 0 Å². The third-order valence-electron chi connectivity index (χ3n) is 5.29. The number of rotatable bonds is 4. The van der Waals surface area contributed by atoms with Crippen LogP contribution in [0.5, 0.6) is 0 Å². The van der Waals surface area contributed by atoms with Crippen molar-refractivity contribution in [1.82, 2.24) is 10.2 Å². The summed E-state index contributed by atoms with van der Waals surface area (Å²) in [5, 5.41) is 12.4. The molecule has 0 radical (unpaired) electrons. The summed E-state index contributed by atoms with van der Waals surface area (Å²) in [4.78, 5) is 27.1. The lowest BCUT2D eigenvalue weighted by Crippen LogP contribution is -2.52. The van der Waals surface area contributed by atoms with Gasteiger partial charge in [-0.3, -0.25) is 9.59 Å². The Morgan fingerprint density at radius 3 is 2.48 bits per heavy atom. The van der Waals surface area contributed by atoms with Crippen LogP contribution in [0.1, 0.15) is 38.8 Å². The van der Waals surface area contributed by atoms with Crippen molar-refractivity contribution < 1.29 is 28.2 Å². The number of ether oxygens (including phenoxy) is 1. The standard InChI is InChI=1S/C20H25ClF2N2O4/c1-20(2,3)19(28)25-7-11(26)4-16(25)18(27)24-17(10-8-29-9-10)12-5-15(23)13(21)6-14(12)22/h5-6,10-11,16-17,26H,4,7-9H2,1-3H3,(H,24,27)/t11-,16-,17-/m1/s1. The zero-order valence-electron chi connectivity index (χ0n) is 16.5. The van der Waals surface area contributed by atoms with Crippen LogP contribution in [0.15, 0.2) is 12.1 Å². The summed E-state index contributed by atoms with van der Waals surface area (Å²) < 4.78 is 33.6. The first-order chi connectivity index (χ1) is 13.5. The molecule has 2 aliphatic heterocycles. The molecule has 1 aromatic carbocycles. The van der Waals surface area contributed by atoms with Crippen LogP contribution in [0.3, 0.4) is 0 Å². The molecule has 3 atom stereocenters. The number of amides is 2. The molecule has 0 aromatic heterocycles. The van der Waals surface area contributed by atoms with E-state index < -0.39 is 41.1 Å². The van der Waals surface area contributed by atoms with Crippen molar-refractivity contribution in [3.05, 3.63) is 34.4 Å². The van der Waals surface area contributed by atoms with Gasteiger partial charge in [0.25, 0.3) is 0 Å². The lowest BCUT2D eigenvalue weighted by Gasteiger charge is -2.36. The largest absolute Gasteiger partial charge is 0.391 e. The van der Waals surface area contributed by atoms with Crippen LogP contribution < -0.4 is 5.32 Å². The molecule has 0 unspecified atom stereocenters. The Morgan fingerprint density at radius 1 is 1.28 bits per heavy atom. The number of hydrogen-bond acceptors (Lipinski definition) is 4. The van der Waals surface area contributed by atoms with E-state index in [1.807, 2.05) is 0 Å². The SMILES string of the molecule is CC(C)(C)C(=O)N1C[C@H](O)C[C@@H]1C(=O)N[C@@H](c1cc(F)c(Cl)cc1F)C1COC1. The van der Waals surface area contributed by atoms with Gasteiger partial charge in [0.05, 0.1) is 30.4 Å². The van der Waals surface area contributed by atoms with Gasteiger partial charge in [-0.15, -0.1) is 0 Å². The summed E-state index contributed by atoms with van der Waals surface area (Å²) in [6.45, 7) is 5.81. The van der Waals surface area contributed by atoms with Crippen LogP contribution >= 0.6 is 11.6 Å². The van der Waals surface area contributed by atoms with E-state index >= 15 is 0 Å². The number of aliphatic hydroxyl groups is 1. The quantitative estimate of drug-likeness (QED) is 0.719. The second kappa shape index (κ2) is 8.16. The number of halogens is 3. The van der Waals surface area contributed by atoms with E-state index in [1.54, 1.807) is 20.8 Å². The van der Waals surface area contributed by atoms with E-state index in [4.69, 9.17) is 16.3 Å². The summed E-state index contributed by atoms with van der Waals surface area (Å²) in [7, 11) is 0. The van der Waals surface area contributed by atoms with E-state index in [0.717, 1.165) is 12.1 Å². The van der Waals surface area contributed by atoms with Gasteiger partial charge in [-0.05, 0) is 12.1 Å². The number of β-amino-alcohol motifs (C(OH)–C–C–N with tert-alkyl or cyclic N) is 1. The number of carbonyl (C=O) groups is 2. The number of likely N-dealkylation sites (tertiary alicyclic amines) is 1. The molecule has 2 aliphatic rings. The average molecular weight is 431 g/mol. The predicted octanol–water partition coefficient (Wildman–Crippen LogP) is 2.43. The second-order valence-electron chi connectivity index (χ2n) is 8.68. The van der Waals surface area contributed by atoms with Gasteiger partial charge in [0.2, 0.25) is 11.8 Å². The number of nitrogens with zero attached hydrogens (tertiary/aromatic N) is 1. The number of nitrogens with one attached hydrogen (secondary N) is 1. The molecule has 2 fully saturated rings. The third-order valence-corrected chi connectivity index (χ3v) is 5.58. The molecule has 2 heterocycles. The maximum atomic E-state index is 14.5. The smallest absolute Gasteiger partial charge is 0.243 e. The number of carbonyl (C=O) groups excluding carboxylic acids is 2. The van der Waals surface area contributed by atoms with Crippen LogP contribution in [0.4, 0.5) is 8.78 Å². The van der Waals surface area contributed by atoms with Crippen molar-refractivity contribution in [2.45, 2.75) is 45.4 Å². The molecule has 2 saturated heterocycles. The highest BCUT2D eigenvalue weighted by Crippen LogP contribution is 2.33. The van der Waals surface area contributed by atoms with Gasteiger partial charge in [0.1, 0.15) is 17.7 Å². The van der Waals surface area contributed by atoms with Crippen molar-refractivity contribution in [2.75, 3.05) is 19.8 Å². The zero-order chi connectivity index (χ0) is 21.5. The van der Waals surface area contributed by atoms with Crippen molar-refractivity contribution in [2.24, 2.45) is 11.3 Å². The normalized spacial score (nSPS) is 23.6. The molecule has 0 saturated carbocycles. The monoisotopic (exact) mass is 430 g/mol. The topological polar surface area (TPSA) is 78.9 Å². The highest BCUT2D eigenvalue weighted by molar-refractivity contribution is 6.30. The first-order valence-corrected chi connectivity index (χ1v) is 9.88. The van der Waals surface area contributed by atoms with Crippen molar-refractivity contribution in [3.63, 3.8) is 0 Å². The van der Waals surface area contributed by atoms with Gasteiger partial charge < -0.3 is 20.1 Å². The molecule has 0 spiro atoms. The summed E-state index contributed by atoms with van der Waals surface area (Å²) in [6, 6.07) is 0.120. The molecule has 0 aliphatic carbocycles. The van der Waals surface area contributed by atoms with Crippen LogP contribution in [-0.4, -0.2) is 53.7 Å². The minimum atomic E-state index is -0.888. The third kappa shape index (κ3) is 4.54. The maximum Gasteiger partial charge on any atom is 0.243 e. The summed E-state index contributed by atoms with van der Waals surface area (Å²) >= 11 is 5.64. The summed E-state index contributed by atoms with van der Waals surface area (Å²) in [6.07, 6.45) is -0.744. The highest BCUT2D eigenvalue weighted by Gasteiger charge is 2.44. The van der Waals surface area contributed by atoms with Gasteiger partial charge in [-0.1, -0.05) is 32.4 Å². The van der Waals surface area contributed by atoms with Gasteiger partial charge in [-0.25, -0.2) is 8.78 Å². The van der Waals surface area contributed by atoms with Crippen molar-refractivity contribution in [1.29, 1.82) is 0 Å². The van der Waals surface area contributed by atoms with E-state index in [-0.39, 0.29) is 48.6 Å². The fraction of sp³-hybridized carbons (Fsp3) is 0.600. The minimum absolute atomic E-state index is 0.0270. The lowest BCUT2D eigenvalue weighted by atomic mass is 9.90. The number of benzene rings is 1. The fourth-order valence-electron chi connectivity index (χ4n) is 3.64. The Balaban J connectivity index is 1.85. The van der Waals surface area contributed by atoms with Crippen molar-refractivity contribution >= 4 is 23.4 Å². The number of hydrogen-bond donors (Lipinski definition) is 2. The molecule has 2 N–H and O–H groups in total. The lowest BCUT2D eigenvalue weighted by molar-refractivity contribution is -0.145. The van der Waals surface area contributed by atoms with Crippen LogP contribution in [0, 0.1) is 23.0 Å². The fourth-order valence-corrected chi connectivity index (χ4v) is 3.79. The van der Waals surface area contributed by atoms with E-state index in [2.05, 4.69) is 5.32 Å². The molecular formula is C20H25ClF2N2O4. The van der Waals surface area contributed by atoms with Crippen LogP contribution in [0.25, 0.3) is 0 Å². The average Bonchev–Trinajstić information content (AvgIpc) is 2.96. The predicted molar refractivity (Wildman–Crippen MR) is 102 cm³/mol. The van der Waals surface area contributed by atoms with Gasteiger partial charge in [0, 0.05) is 29.9 Å². The molecule has 0 bridgehead atoms. The summed E-state index contributed by atoms with van der Waals surface area (Å²) in [5.74, 6) is -2.55. The summed E-state index contributed by atoms with van der Waals surface area (Å²) in [5.41, 5.74) is -0.754. The molecule has 29 heavy (non-hydrogen) atoms. The molecule has 1 aromatic rings. The molecule has 3 rings (SSSR count). The second-order valence-corrected chi connectivity index (χ2v) is 9.09. The molecule has 6 nitrogen and oxygen atoms in total. The number of aliphatic hydroxyl groups excluding tert-OH is 1. The first kappa shape index (κ1) is 21.9. The van der Waals surface area contributed by atoms with E-state index in [9.17, 15) is 23.5 Å². The van der Waals surface area contributed by atoms with E-state index in [0.29, 0.717) is 0 Å². The van der Waals surface area contributed by atoms with Crippen LogP contribution in [0.2, 0.25) is 5.02 Å². The van der Waals surface area contributed by atoms with Gasteiger partial charge in [-0.2, -0.15) is 0 Å². The Hall–Kier alpha value is -1.77. The van der Waals surface area contributed by atoms with E-state index in [1.165, 1.54) is 4.90 Å². The minimum Gasteiger partial charge on any atom is -0.391 e. The van der Waals surface area contributed by atoms with Crippen LogP contribution in [-0.2, 0) is 14.3 Å². The maximum absolute atomic E-state index is 14.5. The molecule has 9 heteroatoms. The Bertz CT molecular complexity index is 810. The molecule has 2 amide bonds. The highest BCUT2D eigenvalue weighted by atomic mass is 35.5.